The van der Waals surface area contributed by atoms with Crippen molar-refractivity contribution in [3.63, 3.8) is 0 Å². The van der Waals surface area contributed by atoms with E-state index in [1.165, 1.54) is 28.7 Å². The number of hydrogen-bond acceptors (Lipinski definition) is 6. The molecular weight excluding hydrogens is 564 g/mol. The number of hydrogen-bond donors (Lipinski definition) is 1. The van der Waals surface area contributed by atoms with E-state index in [2.05, 4.69) is 17.0 Å². The molecule has 0 aromatic heterocycles. The molecule has 2 aliphatic heterocycles. The molecule has 2 amide bonds. The van der Waals surface area contributed by atoms with Crippen molar-refractivity contribution in [1.29, 1.82) is 0 Å². The molecule has 1 N–H and O–H groups in total. The van der Waals surface area contributed by atoms with Crippen LogP contribution >= 0.6 is 11.6 Å². The van der Waals surface area contributed by atoms with Crippen LogP contribution in [0, 0.1) is 17.8 Å². The van der Waals surface area contributed by atoms with Crippen LogP contribution in [0.1, 0.15) is 49.7 Å². The summed E-state index contributed by atoms with van der Waals surface area (Å²) in [6, 6.07) is 14.8. The van der Waals surface area contributed by atoms with Crippen LogP contribution in [0.5, 0.6) is 5.75 Å². The van der Waals surface area contributed by atoms with E-state index in [-0.39, 0.29) is 46.6 Å². The number of imide groups is 1. The highest BCUT2D eigenvalue weighted by Crippen LogP contribution is 2.56. The lowest BCUT2D eigenvalue weighted by Gasteiger charge is -2.42. The number of benzene rings is 2. The van der Waals surface area contributed by atoms with Crippen LogP contribution in [0.25, 0.3) is 0 Å². The third kappa shape index (κ3) is 4.61. The first-order chi connectivity index (χ1) is 20.7. The van der Waals surface area contributed by atoms with Gasteiger partial charge in [-0.2, -0.15) is 0 Å². The van der Waals surface area contributed by atoms with E-state index >= 15 is 0 Å². The van der Waals surface area contributed by atoms with Gasteiger partial charge in [0.1, 0.15) is 5.75 Å². The maximum Gasteiger partial charge on any atom is 0.233 e. The number of carbonyl (C=O) groups excluding carboxylic acids is 4. The maximum absolute atomic E-state index is 14.2. The zero-order valence-electron chi connectivity index (χ0n) is 24.0. The molecule has 0 bridgehead atoms. The van der Waals surface area contributed by atoms with Gasteiger partial charge in [0.2, 0.25) is 11.8 Å². The molecule has 7 nitrogen and oxygen atoms in total. The van der Waals surface area contributed by atoms with Crippen LogP contribution in [0.2, 0.25) is 5.02 Å². The Kier molecular flexibility index (Phi) is 6.98. The Morgan fingerprint density at radius 3 is 2.42 bits per heavy atom. The zero-order valence-corrected chi connectivity index (χ0v) is 24.7. The summed E-state index contributed by atoms with van der Waals surface area (Å²) in [5.41, 5.74) is 3.89. The predicted octanol–water partition coefficient (Wildman–Crippen LogP) is 5.14. The van der Waals surface area contributed by atoms with Crippen molar-refractivity contribution in [2.24, 2.45) is 17.8 Å². The molecule has 0 spiro atoms. The Morgan fingerprint density at radius 1 is 0.953 bits per heavy atom. The highest BCUT2D eigenvalue weighted by atomic mass is 35.5. The van der Waals surface area contributed by atoms with Crippen molar-refractivity contribution in [2.75, 3.05) is 13.1 Å². The average Bonchev–Trinajstić information content (AvgIpc) is 3.25. The van der Waals surface area contributed by atoms with Crippen molar-refractivity contribution in [2.45, 2.75) is 51.1 Å². The van der Waals surface area contributed by atoms with Crippen molar-refractivity contribution in [3.8, 4) is 5.75 Å². The number of phenols is 1. The highest BCUT2D eigenvalue weighted by Gasteiger charge is 2.57. The first-order valence-electron chi connectivity index (χ1n) is 15.0. The number of halogens is 1. The lowest BCUT2D eigenvalue weighted by Crippen LogP contribution is -2.47. The van der Waals surface area contributed by atoms with Gasteiger partial charge in [-0.15, -0.1) is 0 Å². The van der Waals surface area contributed by atoms with Gasteiger partial charge >= 0.3 is 0 Å². The lowest BCUT2D eigenvalue weighted by molar-refractivity contribution is -0.144. The van der Waals surface area contributed by atoms with Crippen LogP contribution < -0.4 is 0 Å². The Hall–Kier alpha value is -3.81. The number of Topliss-reactive ketones (excluding diaryl/α,β-unsaturated/α-hetero) is 1. The number of amides is 2. The number of nitrogens with zero attached hydrogens (tertiary/aromatic N) is 2. The van der Waals surface area contributed by atoms with Crippen LogP contribution in [0.3, 0.4) is 0 Å². The van der Waals surface area contributed by atoms with Crippen molar-refractivity contribution in [3.05, 3.63) is 99.1 Å². The number of likely N-dealkylation sites (tertiary alicyclic amines) is 2. The smallest absolute Gasteiger partial charge is 0.233 e. The number of phenolic OH excluding ortho intramolecular Hbond substituents is 1. The molecule has 0 saturated carbocycles. The molecule has 2 aromatic carbocycles. The van der Waals surface area contributed by atoms with E-state index in [9.17, 15) is 24.3 Å². The summed E-state index contributed by atoms with van der Waals surface area (Å²) in [4.78, 5) is 58.9. The van der Waals surface area contributed by atoms with E-state index in [0.717, 1.165) is 38.0 Å². The van der Waals surface area contributed by atoms with Gasteiger partial charge in [0, 0.05) is 53.3 Å². The minimum atomic E-state index is -0.624. The number of rotatable bonds is 4. The monoisotopic (exact) mass is 596 g/mol. The largest absolute Gasteiger partial charge is 0.508 e. The SMILES string of the molecule is CC1=CC(=O)C2=C(C1=O)[C@@H](c1ccc(O)cc1Cl)C1=CC[C@@H]3C(=O)N(C4CCN(Cc5ccccc5)CC4)C(=O)[C@@H]3[C@@H]1C2. The van der Waals surface area contributed by atoms with E-state index in [4.69, 9.17) is 11.6 Å². The number of fused-ring (bicyclic) bond motifs is 3. The Bertz CT molecular complexity index is 1650. The standard InChI is InChI=1S/C35H33ClN2O5/c1-19-15-29(40)27-17-26-23(30(32(27)33(19)41)24-8-7-22(39)16-28(24)36)9-10-25-31(26)35(43)38(34(25)42)21-11-13-37(14-12-21)18-20-5-3-2-4-6-20/h2-9,15-16,21,25-26,30-31,39H,10-14,17-18H2,1H3/t25-,26+,30+,31-/m0/s1. The van der Waals surface area contributed by atoms with Crippen LogP contribution in [0.15, 0.2) is 83.0 Å². The summed E-state index contributed by atoms with van der Waals surface area (Å²) in [5, 5.41) is 10.3. The third-order valence-electron chi connectivity index (χ3n) is 10.1. The lowest BCUT2D eigenvalue weighted by atomic mass is 9.59. The molecule has 43 heavy (non-hydrogen) atoms. The minimum absolute atomic E-state index is 0.00264. The minimum Gasteiger partial charge on any atom is -0.508 e. The van der Waals surface area contributed by atoms with E-state index in [0.29, 0.717) is 28.7 Å². The number of piperidine rings is 1. The summed E-state index contributed by atoms with van der Waals surface area (Å²) in [6.45, 7) is 4.09. The highest BCUT2D eigenvalue weighted by molar-refractivity contribution is 6.32. The third-order valence-corrected chi connectivity index (χ3v) is 10.4. The van der Waals surface area contributed by atoms with E-state index in [1.807, 2.05) is 24.3 Å². The van der Waals surface area contributed by atoms with Gasteiger partial charge in [0.25, 0.3) is 0 Å². The quantitative estimate of drug-likeness (QED) is 0.298. The normalized spacial score (nSPS) is 28.0. The van der Waals surface area contributed by atoms with Crippen LogP contribution in [0.4, 0.5) is 0 Å². The van der Waals surface area contributed by atoms with E-state index < -0.39 is 23.7 Å². The summed E-state index contributed by atoms with van der Waals surface area (Å²) < 4.78 is 0. The van der Waals surface area contributed by atoms with Gasteiger partial charge in [-0.1, -0.05) is 59.6 Å². The molecule has 0 unspecified atom stereocenters. The van der Waals surface area contributed by atoms with Crippen LogP contribution in [-0.4, -0.2) is 57.4 Å². The van der Waals surface area contributed by atoms with Gasteiger partial charge in [-0.05, 0) is 67.9 Å². The first kappa shape index (κ1) is 28.0. The first-order valence-corrected chi connectivity index (χ1v) is 15.4. The van der Waals surface area contributed by atoms with Gasteiger partial charge in [0.05, 0.1) is 11.8 Å². The molecule has 220 valence electrons. The van der Waals surface area contributed by atoms with Gasteiger partial charge in [-0.25, -0.2) is 0 Å². The molecule has 2 saturated heterocycles. The second-order valence-electron chi connectivity index (χ2n) is 12.5. The summed E-state index contributed by atoms with van der Waals surface area (Å²) in [6.07, 6.45) is 5.48. The Morgan fingerprint density at radius 2 is 1.70 bits per heavy atom. The number of carbonyl (C=O) groups is 4. The molecule has 7 rings (SSSR count). The fourth-order valence-corrected chi connectivity index (χ4v) is 8.31. The topological polar surface area (TPSA) is 95.0 Å². The fourth-order valence-electron chi connectivity index (χ4n) is 8.03. The Balaban J connectivity index is 1.19. The molecule has 2 aromatic rings. The summed E-state index contributed by atoms with van der Waals surface area (Å²) in [5.74, 6) is -2.80. The second-order valence-corrected chi connectivity index (χ2v) is 12.9. The zero-order chi connectivity index (χ0) is 30.0. The molecule has 5 aliphatic rings. The number of ketones is 2. The van der Waals surface area contributed by atoms with Gasteiger partial charge in [-0.3, -0.25) is 29.0 Å². The molecule has 2 heterocycles. The molecule has 4 atom stereocenters. The number of allylic oxidation sites excluding steroid dienone is 6. The Labute approximate surface area is 255 Å². The fraction of sp³-hybridized carbons (Fsp3) is 0.371. The summed E-state index contributed by atoms with van der Waals surface area (Å²) in [7, 11) is 0. The van der Waals surface area contributed by atoms with E-state index in [1.54, 1.807) is 13.0 Å². The second kappa shape index (κ2) is 10.7. The molecule has 8 heteroatoms. The molecule has 0 radical (unpaired) electrons. The molecule has 2 fully saturated rings. The maximum atomic E-state index is 14.2. The van der Waals surface area contributed by atoms with Gasteiger partial charge in [0.15, 0.2) is 11.6 Å². The average molecular weight is 597 g/mol. The molecular formula is C35H33ClN2O5. The number of aromatic hydroxyl groups is 1. The van der Waals surface area contributed by atoms with Crippen molar-refractivity contribution >= 4 is 35.0 Å². The van der Waals surface area contributed by atoms with Crippen molar-refractivity contribution < 1.29 is 24.3 Å². The molecule has 3 aliphatic carbocycles. The summed E-state index contributed by atoms with van der Waals surface area (Å²) >= 11 is 6.64. The van der Waals surface area contributed by atoms with Gasteiger partial charge < -0.3 is 5.11 Å². The van der Waals surface area contributed by atoms with Crippen molar-refractivity contribution in [1.82, 2.24) is 9.80 Å². The van der Waals surface area contributed by atoms with Crippen LogP contribution in [-0.2, 0) is 25.7 Å². The predicted molar refractivity (Wildman–Crippen MR) is 161 cm³/mol.